The zero-order valence-corrected chi connectivity index (χ0v) is 20.8. The first kappa shape index (κ1) is 27.3. The van der Waals surface area contributed by atoms with E-state index in [0.717, 1.165) is 11.1 Å². The SMILES string of the molecule is CC(C)C(C)(C(N)=NC(=O)/C(N)=C/C=C(\N)NCC(C)(C)O)c1ccc(-c2cnc(N)nc2)nc1. The van der Waals surface area contributed by atoms with Crippen LogP contribution in [0.15, 0.2) is 59.4 Å². The fourth-order valence-electron chi connectivity index (χ4n) is 3.04. The lowest BCUT2D eigenvalue weighted by molar-refractivity contribution is -0.114. The normalized spacial score (nSPS) is 15.1. The van der Waals surface area contributed by atoms with E-state index in [4.69, 9.17) is 22.9 Å². The molecular formula is C24H35N9O2. The third-order valence-corrected chi connectivity index (χ3v) is 5.65. The zero-order valence-electron chi connectivity index (χ0n) is 20.8. The number of aromatic nitrogens is 3. The van der Waals surface area contributed by atoms with Gasteiger partial charge in [-0.15, -0.1) is 0 Å². The van der Waals surface area contributed by atoms with Gasteiger partial charge in [0.25, 0.3) is 5.91 Å². The monoisotopic (exact) mass is 481 g/mol. The van der Waals surface area contributed by atoms with Crippen LogP contribution in [0.1, 0.15) is 40.2 Å². The summed E-state index contributed by atoms with van der Waals surface area (Å²) >= 11 is 0. The minimum atomic E-state index is -0.945. The highest BCUT2D eigenvalue weighted by atomic mass is 16.3. The predicted octanol–water partition coefficient (Wildman–Crippen LogP) is 0.922. The Labute approximate surface area is 205 Å². The Bertz CT molecular complexity index is 1120. The highest BCUT2D eigenvalue weighted by Gasteiger charge is 2.36. The standard InChI is InChI=1S/C24H35N9O2/c1-14(2)24(5,16-6-8-18(29-12-16)15-10-30-22(28)31-11-15)21(27)33-20(34)17(25)7-9-19(26)32-13-23(3,4)35/h6-12,14,32,35H,13,25-26H2,1-5H3,(H2,27,33,34)(H2,28,30,31)/b17-7-,19-9+. The van der Waals surface area contributed by atoms with Gasteiger partial charge in [0.1, 0.15) is 5.84 Å². The summed E-state index contributed by atoms with van der Waals surface area (Å²) in [5.41, 5.74) is 23.9. The summed E-state index contributed by atoms with van der Waals surface area (Å²) in [7, 11) is 0. The Morgan fingerprint density at radius 2 is 1.71 bits per heavy atom. The van der Waals surface area contributed by atoms with Crippen LogP contribution in [0.3, 0.4) is 0 Å². The quantitative estimate of drug-likeness (QED) is 0.129. The van der Waals surface area contributed by atoms with Gasteiger partial charge in [0, 0.05) is 30.7 Å². The largest absolute Gasteiger partial charge is 0.394 e. The molecular weight excluding hydrogens is 446 g/mol. The molecule has 0 aliphatic rings. The molecule has 0 radical (unpaired) electrons. The maximum atomic E-state index is 12.6. The maximum absolute atomic E-state index is 12.6. The molecule has 0 bridgehead atoms. The molecule has 0 fully saturated rings. The number of hydrogen-bond acceptors (Lipinski definition) is 9. The first-order valence-electron chi connectivity index (χ1n) is 11.1. The van der Waals surface area contributed by atoms with Crippen LogP contribution in [-0.2, 0) is 10.2 Å². The van der Waals surface area contributed by atoms with Gasteiger partial charge in [-0.25, -0.2) is 9.97 Å². The summed E-state index contributed by atoms with van der Waals surface area (Å²) in [6.07, 6.45) is 7.64. The lowest BCUT2D eigenvalue weighted by Crippen LogP contribution is -2.44. The van der Waals surface area contributed by atoms with Crippen LogP contribution < -0.4 is 28.3 Å². The number of aliphatic hydroxyl groups is 1. The van der Waals surface area contributed by atoms with Crippen LogP contribution in [0.2, 0.25) is 0 Å². The van der Waals surface area contributed by atoms with E-state index in [0.29, 0.717) is 5.69 Å². The average molecular weight is 482 g/mol. The van der Waals surface area contributed by atoms with Crippen molar-refractivity contribution in [3.63, 3.8) is 0 Å². The van der Waals surface area contributed by atoms with E-state index in [1.165, 1.54) is 12.2 Å². The lowest BCUT2D eigenvalue weighted by atomic mass is 9.73. The molecule has 10 N–H and O–H groups in total. The molecule has 0 aliphatic heterocycles. The molecule has 11 nitrogen and oxygen atoms in total. The number of amidine groups is 1. The number of amides is 1. The highest BCUT2D eigenvalue weighted by Crippen LogP contribution is 2.33. The number of carbonyl (C=O) groups is 1. The molecule has 1 atom stereocenters. The smallest absolute Gasteiger partial charge is 0.294 e. The van der Waals surface area contributed by atoms with Crippen LogP contribution in [0, 0.1) is 5.92 Å². The molecule has 1 unspecified atom stereocenters. The van der Waals surface area contributed by atoms with E-state index in [1.807, 2.05) is 32.9 Å². The number of aliphatic imine (C=N–C) groups is 1. The average Bonchev–Trinajstić information content (AvgIpc) is 2.80. The minimum absolute atomic E-state index is 0.0154. The van der Waals surface area contributed by atoms with Crippen LogP contribution in [0.25, 0.3) is 11.3 Å². The van der Waals surface area contributed by atoms with Gasteiger partial charge in [0.2, 0.25) is 5.95 Å². The van der Waals surface area contributed by atoms with Crippen LogP contribution in [0.4, 0.5) is 5.95 Å². The van der Waals surface area contributed by atoms with Gasteiger partial charge in [-0.3, -0.25) is 9.78 Å². The Morgan fingerprint density at radius 1 is 1.09 bits per heavy atom. The van der Waals surface area contributed by atoms with Crippen molar-refractivity contribution in [2.45, 2.75) is 45.6 Å². The summed E-state index contributed by atoms with van der Waals surface area (Å²) in [6.45, 7) is 9.36. The van der Waals surface area contributed by atoms with Crippen LogP contribution in [-0.4, -0.2) is 43.9 Å². The molecule has 35 heavy (non-hydrogen) atoms. The van der Waals surface area contributed by atoms with Gasteiger partial charge >= 0.3 is 0 Å². The number of hydrogen-bond donors (Lipinski definition) is 6. The molecule has 2 heterocycles. The number of carbonyl (C=O) groups excluding carboxylic acids is 1. The van der Waals surface area contributed by atoms with Crippen molar-refractivity contribution < 1.29 is 9.90 Å². The number of allylic oxidation sites excluding steroid dienone is 2. The Morgan fingerprint density at radius 3 is 2.23 bits per heavy atom. The van der Waals surface area contributed by atoms with Crippen molar-refractivity contribution >= 4 is 17.7 Å². The number of anilines is 1. The van der Waals surface area contributed by atoms with Gasteiger partial charge in [-0.2, -0.15) is 4.99 Å². The number of nitrogens with zero attached hydrogens (tertiary/aromatic N) is 4. The molecule has 0 spiro atoms. The van der Waals surface area contributed by atoms with E-state index in [-0.39, 0.29) is 35.8 Å². The summed E-state index contributed by atoms with van der Waals surface area (Å²) < 4.78 is 0. The van der Waals surface area contributed by atoms with Gasteiger partial charge in [0.05, 0.1) is 28.2 Å². The first-order chi connectivity index (χ1) is 16.2. The second kappa shape index (κ2) is 11.0. The lowest BCUT2D eigenvalue weighted by Gasteiger charge is -2.33. The maximum Gasteiger partial charge on any atom is 0.294 e. The molecule has 0 aliphatic carbocycles. The van der Waals surface area contributed by atoms with Crippen molar-refractivity contribution in [3.8, 4) is 11.3 Å². The van der Waals surface area contributed by atoms with E-state index >= 15 is 0 Å². The molecule has 188 valence electrons. The highest BCUT2D eigenvalue weighted by molar-refractivity contribution is 6.05. The van der Waals surface area contributed by atoms with Gasteiger partial charge in [-0.05, 0) is 50.5 Å². The van der Waals surface area contributed by atoms with E-state index in [1.54, 1.807) is 32.4 Å². The Hall–Kier alpha value is -3.99. The zero-order chi connectivity index (χ0) is 26.4. The van der Waals surface area contributed by atoms with Gasteiger partial charge in [0.15, 0.2) is 0 Å². The van der Waals surface area contributed by atoms with Gasteiger partial charge < -0.3 is 33.4 Å². The molecule has 11 heteroatoms. The first-order valence-corrected chi connectivity index (χ1v) is 11.1. The van der Waals surface area contributed by atoms with Crippen LogP contribution in [0.5, 0.6) is 0 Å². The number of rotatable bonds is 9. The number of pyridine rings is 1. The molecule has 2 rings (SSSR count). The molecule has 0 aromatic carbocycles. The Kier molecular flexibility index (Phi) is 8.53. The minimum Gasteiger partial charge on any atom is -0.394 e. The summed E-state index contributed by atoms with van der Waals surface area (Å²) in [5.74, 6) is -0.174. The third kappa shape index (κ3) is 7.24. The Balaban J connectivity index is 2.26. The predicted molar refractivity (Wildman–Crippen MR) is 137 cm³/mol. The second-order valence-electron chi connectivity index (χ2n) is 9.33. The van der Waals surface area contributed by atoms with Crippen LogP contribution >= 0.6 is 0 Å². The molecule has 1 amide bonds. The number of nitrogens with one attached hydrogen (secondary N) is 1. The third-order valence-electron chi connectivity index (χ3n) is 5.65. The number of nitrogen functional groups attached to an aromatic ring is 1. The topological polar surface area (TPSA) is 204 Å². The molecule has 0 saturated carbocycles. The summed E-state index contributed by atoms with van der Waals surface area (Å²) in [4.78, 5) is 29.2. The van der Waals surface area contributed by atoms with Crippen molar-refractivity contribution in [3.05, 3.63) is 60.0 Å². The number of nitrogens with two attached hydrogens (primary N) is 4. The van der Waals surface area contributed by atoms with Crippen molar-refractivity contribution in [2.24, 2.45) is 28.1 Å². The summed E-state index contributed by atoms with van der Waals surface area (Å²) in [5, 5.41) is 12.6. The van der Waals surface area contributed by atoms with Gasteiger partial charge in [-0.1, -0.05) is 19.9 Å². The molecule has 2 aromatic rings. The fraction of sp³-hybridized carbons (Fsp3) is 0.375. The van der Waals surface area contributed by atoms with Crippen molar-refractivity contribution in [2.75, 3.05) is 12.3 Å². The molecule has 2 aromatic heterocycles. The van der Waals surface area contributed by atoms with E-state index in [2.05, 4.69) is 25.3 Å². The fourth-order valence-corrected chi connectivity index (χ4v) is 3.04. The second-order valence-corrected chi connectivity index (χ2v) is 9.33. The van der Waals surface area contributed by atoms with E-state index < -0.39 is 16.9 Å². The summed E-state index contributed by atoms with van der Waals surface area (Å²) in [6, 6.07) is 3.70. The van der Waals surface area contributed by atoms with Crippen molar-refractivity contribution in [1.29, 1.82) is 0 Å². The van der Waals surface area contributed by atoms with E-state index in [9.17, 15) is 9.90 Å². The molecule has 0 saturated heterocycles. The van der Waals surface area contributed by atoms with Crippen molar-refractivity contribution in [1.82, 2.24) is 20.3 Å².